The summed E-state index contributed by atoms with van der Waals surface area (Å²) in [4.78, 5) is 11.4. The van der Waals surface area contributed by atoms with Gasteiger partial charge in [-0.05, 0) is 5.56 Å². The second-order valence-electron chi connectivity index (χ2n) is 3.17. The maximum atomic E-state index is 11.4. The molecular weight excluding hydrogens is 232 g/mol. The van der Waals surface area contributed by atoms with Crippen molar-refractivity contribution in [3.8, 4) is 0 Å². The van der Waals surface area contributed by atoms with Crippen LogP contribution >= 0.6 is 0 Å². The zero-order valence-corrected chi connectivity index (χ0v) is 9.14. The number of hydrogen-bond donors (Lipinski definition) is 0. The van der Waals surface area contributed by atoms with E-state index in [1.807, 2.05) is 30.3 Å². The van der Waals surface area contributed by atoms with Gasteiger partial charge < -0.3 is 4.74 Å². The number of hydrogen-bond acceptors (Lipinski definition) is 5. The highest BCUT2D eigenvalue weighted by Crippen LogP contribution is 2.11. The number of benzene rings is 1. The summed E-state index contributed by atoms with van der Waals surface area (Å²) in [7, 11) is 0. The van der Waals surface area contributed by atoms with E-state index in [0.717, 1.165) is 5.56 Å². The van der Waals surface area contributed by atoms with Gasteiger partial charge in [-0.2, -0.15) is 4.21 Å². The second kappa shape index (κ2) is 5.20. The summed E-state index contributed by atoms with van der Waals surface area (Å²) in [6.45, 7) is 0.145. The molecule has 6 heteroatoms. The maximum Gasteiger partial charge on any atom is 0.339 e. The molecule has 1 fully saturated rings. The van der Waals surface area contributed by atoms with Gasteiger partial charge in [-0.15, -0.1) is 0 Å². The molecule has 16 heavy (non-hydrogen) atoms. The van der Waals surface area contributed by atoms with Crippen molar-refractivity contribution in [1.82, 2.24) is 0 Å². The molecule has 86 valence electrons. The Hall–Kier alpha value is -1.24. The Morgan fingerprint density at radius 1 is 1.44 bits per heavy atom. The van der Waals surface area contributed by atoms with Crippen LogP contribution in [-0.4, -0.2) is 22.9 Å². The van der Waals surface area contributed by atoms with Crippen molar-refractivity contribution >= 4 is 17.3 Å². The van der Waals surface area contributed by atoms with Crippen molar-refractivity contribution in [2.45, 2.75) is 12.7 Å². The summed E-state index contributed by atoms with van der Waals surface area (Å²) in [5.74, 6) is -0.560. The average Bonchev–Trinajstić information content (AvgIpc) is 2.74. The van der Waals surface area contributed by atoms with Crippen molar-refractivity contribution in [2.24, 2.45) is 0 Å². The standard InChI is InChI=1S/C10H10O5S/c11-10(9-7-14-16(12)15-9)13-6-8-4-2-1-3-5-8/h1-5,9H,6-7H2. The third kappa shape index (κ3) is 2.88. The minimum absolute atomic E-state index is 0.0275. The molecule has 0 spiro atoms. The maximum absolute atomic E-state index is 11.4. The molecule has 0 aromatic heterocycles. The van der Waals surface area contributed by atoms with E-state index in [1.165, 1.54) is 0 Å². The van der Waals surface area contributed by atoms with Gasteiger partial charge in [0.2, 0.25) is 0 Å². The van der Waals surface area contributed by atoms with Crippen LogP contribution < -0.4 is 0 Å². The predicted octanol–water partition coefficient (Wildman–Crippen LogP) is 0.724. The van der Waals surface area contributed by atoms with Gasteiger partial charge in [-0.1, -0.05) is 30.3 Å². The molecule has 0 bridgehead atoms. The second-order valence-corrected chi connectivity index (χ2v) is 4.00. The Morgan fingerprint density at radius 2 is 2.19 bits per heavy atom. The van der Waals surface area contributed by atoms with E-state index in [9.17, 15) is 9.00 Å². The highest BCUT2D eigenvalue weighted by molar-refractivity contribution is 7.75. The van der Waals surface area contributed by atoms with E-state index in [-0.39, 0.29) is 13.2 Å². The lowest BCUT2D eigenvalue weighted by molar-refractivity contribution is -0.152. The normalized spacial score (nSPS) is 24.2. The molecular formula is C10H10O5S. The lowest BCUT2D eigenvalue weighted by Crippen LogP contribution is -2.24. The SMILES string of the molecule is O=C(OCc1ccccc1)C1COS(=O)O1. The van der Waals surface area contributed by atoms with Gasteiger partial charge in [0.05, 0.1) is 0 Å². The van der Waals surface area contributed by atoms with Crippen LogP contribution in [0, 0.1) is 0 Å². The fraction of sp³-hybridized carbons (Fsp3) is 0.300. The van der Waals surface area contributed by atoms with Gasteiger partial charge in [-0.3, -0.25) is 8.37 Å². The fourth-order valence-electron chi connectivity index (χ4n) is 1.20. The largest absolute Gasteiger partial charge is 0.459 e. The van der Waals surface area contributed by atoms with Crippen LogP contribution in [0.3, 0.4) is 0 Å². The molecule has 1 heterocycles. The summed E-state index contributed by atoms with van der Waals surface area (Å²) in [6.07, 6.45) is -0.885. The van der Waals surface area contributed by atoms with Crippen molar-refractivity contribution in [1.29, 1.82) is 0 Å². The van der Waals surface area contributed by atoms with Crippen LogP contribution in [0.1, 0.15) is 5.56 Å². The van der Waals surface area contributed by atoms with Gasteiger partial charge >= 0.3 is 17.3 Å². The van der Waals surface area contributed by atoms with Crippen LogP contribution in [0.2, 0.25) is 0 Å². The Kier molecular flexibility index (Phi) is 3.66. The zero-order chi connectivity index (χ0) is 11.4. The van der Waals surface area contributed by atoms with Crippen LogP contribution in [-0.2, 0) is 35.9 Å². The van der Waals surface area contributed by atoms with Crippen molar-refractivity contribution in [3.05, 3.63) is 35.9 Å². The molecule has 2 rings (SSSR count). The third-order valence-corrected chi connectivity index (χ3v) is 2.72. The molecule has 1 aliphatic rings. The molecule has 0 amide bonds. The van der Waals surface area contributed by atoms with Crippen LogP contribution in [0.25, 0.3) is 0 Å². The van der Waals surface area contributed by atoms with Crippen LogP contribution in [0.4, 0.5) is 0 Å². The number of rotatable bonds is 3. The molecule has 0 radical (unpaired) electrons. The first-order chi connectivity index (χ1) is 7.75. The van der Waals surface area contributed by atoms with E-state index in [1.54, 1.807) is 0 Å². The van der Waals surface area contributed by atoms with Crippen molar-refractivity contribution < 1.29 is 22.1 Å². The van der Waals surface area contributed by atoms with E-state index in [2.05, 4.69) is 8.37 Å². The number of carbonyl (C=O) groups is 1. The van der Waals surface area contributed by atoms with E-state index in [4.69, 9.17) is 4.74 Å². The Labute approximate surface area is 95.2 Å². The first-order valence-electron chi connectivity index (χ1n) is 4.68. The quantitative estimate of drug-likeness (QED) is 0.731. The minimum atomic E-state index is -1.82. The number of carbonyl (C=O) groups excluding carboxylic acids is 1. The van der Waals surface area contributed by atoms with Crippen LogP contribution in [0.15, 0.2) is 30.3 Å². The first-order valence-corrected chi connectivity index (χ1v) is 5.68. The Morgan fingerprint density at radius 3 is 2.81 bits per heavy atom. The average molecular weight is 242 g/mol. The molecule has 1 saturated heterocycles. The predicted molar refractivity (Wildman–Crippen MR) is 55.2 cm³/mol. The zero-order valence-electron chi connectivity index (χ0n) is 8.33. The van der Waals surface area contributed by atoms with E-state index < -0.39 is 23.4 Å². The van der Waals surface area contributed by atoms with Gasteiger partial charge in [0, 0.05) is 0 Å². The summed E-state index contributed by atoms with van der Waals surface area (Å²) >= 11 is -1.82. The molecule has 0 aliphatic carbocycles. The van der Waals surface area contributed by atoms with E-state index in [0.29, 0.717) is 0 Å². The summed E-state index contributed by atoms with van der Waals surface area (Å²) in [6, 6.07) is 9.28. The van der Waals surface area contributed by atoms with Crippen LogP contribution in [0.5, 0.6) is 0 Å². The summed E-state index contributed by atoms with van der Waals surface area (Å²) in [5, 5.41) is 0. The number of esters is 1. The summed E-state index contributed by atoms with van der Waals surface area (Å²) < 4.78 is 24.9. The van der Waals surface area contributed by atoms with Gasteiger partial charge in [-0.25, -0.2) is 4.79 Å². The lowest BCUT2D eigenvalue weighted by Gasteiger charge is -2.06. The summed E-state index contributed by atoms with van der Waals surface area (Å²) in [5.41, 5.74) is 0.885. The topological polar surface area (TPSA) is 61.8 Å². The molecule has 5 nitrogen and oxygen atoms in total. The van der Waals surface area contributed by atoms with Crippen molar-refractivity contribution in [2.75, 3.05) is 6.61 Å². The van der Waals surface area contributed by atoms with E-state index >= 15 is 0 Å². The molecule has 2 unspecified atom stereocenters. The number of ether oxygens (including phenoxy) is 1. The first kappa shape index (κ1) is 11.3. The van der Waals surface area contributed by atoms with Crippen molar-refractivity contribution in [3.63, 3.8) is 0 Å². The third-order valence-electron chi connectivity index (χ3n) is 2.00. The smallest absolute Gasteiger partial charge is 0.339 e. The molecule has 1 aromatic carbocycles. The molecule has 1 aromatic rings. The molecule has 1 aliphatic heterocycles. The lowest BCUT2D eigenvalue weighted by atomic mass is 10.2. The van der Waals surface area contributed by atoms with Gasteiger partial charge in [0.25, 0.3) is 0 Å². The fourth-order valence-corrected chi connectivity index (χ4v) is 1.81. The minimum Gasteiger partial charge on any atom is -0.459 e. The molecule has 0 saturated carbocycles. The Bertz CT molecular complexity index is 391. The van der Waals surface area contributed by atoms with Gasteiger partial charge in [0.15, 0.2) is 6.10 Å². The van der Waals surface area contributed by atoms with Gasteiger partial charge in [0.1, 0.15) is 13.2 Å². The monoisotopic (exact) mass is 242 g/mol. The highest BCUT2D eigenvalue weighted by atomic mass is 32.2. The Balaban J connectivity index is 1.82. The highest BCUT2D eigenvalue weighted by Gasteiger charge is 2.31. The molecule has 0 N–H and O–H groups in total. The molecule has 2 atom stereocenters.